The van der Waals surface area contributed by atoms with Crippen LogP contribution in [0.2, 0.25) is 0 Å². The van der Waals surface area contributed by atoms with Gasteiger partial charge in [0.2, 0.25) is 0 Å². The molecule has 2 aromatic heterocycles. The first kappa shape index (κ1) is 52.0. The number of non-ortho nitro benzene ring substituents is 1. The van der Waals surface area contributed by atoms with Gasteiger partial charge in [-0.15, -0.1) is 0 Å². The number of rotatable bonds is 11. The Bertz CT molecular complexity index is 2830. The van der Waals surface area contributed by atoms with Crippen molar-refractivity contribution in [3.63, 3.8) is 0 Å². The fraction of sp³-hybridized carbons (Fsp3) is 0.304. The monoisotopic (exact) mass is 968 g/mol. The van der Waals surface area contributed by atoms with E-state index in [1.807, 2.05) is 0 Å². The van der Waals surface area contributed by atoms with Crippen LogP contribution in [-0.2, 0) is 25.2 Å². The number of benzene rings is 4. The van der Waals surface area contributed by atoms with Gasteiger partial charge in [0.25, 0.3) is 5.69 Å². The standard InChI is InChI=1S/C23H19F6N3O3.C23H21F6N3O/c1-12-7-16(21(23(27,28)29)31-14(3)9-20(30-31)22(24,25)26)8-13(2)18(12)11-19(33)15-5-4-6-17(10-15)32(34)35;1-12-7-16(8-13(2)18(12)11-19(33)15-5-4-6-17(30)10-15)21(23(27,28)29)32-14(3)9-20(31-32)22(24,25)26/h4-10,21H,11H2,1-3H3;4-10,21H,11,30H2,1-3H3. The lowest BCUT2D eigenvalue weighted by Gasteiger charge is -2.24. The molecule has 6 rings (SSSR count). The lowest BCUT2D eigenvalue weighted by atomic mass is 9.91. The summed E-state index contributed by atoms with van der Waals surface area (Å²) in [6, 6.07) is 12.5. The highest BCUT2D eigenvalue weighted by Crippen LogP contribution is 2.42. The van der Waals surface area contributed by atoms with Crippen molar-refractivity contribution in [3.05, 3.63) is 173 Å². The van der Waals surface area contributed by atoms with E-state index in [1.165, 1.54) is 50.2 Å². The number of nitro groups is 1. The number of anilines is 1. The van der Waals surface area contributed by atoms with Crippen LogP contribution in [-0.4, -0.2) is 48.4 Å². The molecule has 2 atom stereocenters. The number of carbonyl (C=O) groups is 2. The van der Waals surface area contributed by atoms with Gasteiger partial charge >= 0.3 is 24.7 Å². The summed E-state index contributed by atoms with van der Waals surface area (Å²) in [4.78, 5) is 35.7. The van der Waals surface area contributed by atoms with Gasteiger partial charge in [-0.05, 0) is 110 Å². The van der Waals surface area contributed by atoms with Crippen LogP contribution >= 0.6 is 0 Å². The molecule has 0 radical (unpaired) electrons. The Morgan fingerprint density at radius 3 is 1.24 bits per heavy atom. The van der Waals surface area contributed by atoms with Gasteiger partial charge in [-0.2, -0.15) is 62.9 Å². The minimum atomic E-state index is -4.96. The third kappa shape index (κ3) is 11.9. The highest BCUT2D eigenvalue weighted by molar-refractivity contribution is 5.99. The Hall–Kier alpha value is -7.00. The lowest BCUT2D eigenvalue weighted by Crippen LogP contribution is -2.30. The third-order valence-corrected chi connectivity index (χ3v) is 10.9. The number of hydrogen-bond acceptors (Lipinski definition) is 7. The molecule has 4 aromatic carbocycles. The molecule has 0 aliphatic rings. The van der Waals surface area contributed by atoms with Gasteiger partial charge in [-0.25, -0.2) is 0 Å². The van der Waals surface area contributed by atoms with Gasteiger partial charge in [-0.3, -0.25) is 29.1 Å². The van der Waals surface area contributed by atoms with Gasteiger partial charge in [-0.1, -0.05) is 48.5 Å². The molecular formula is C46H40F12N6O4. The molecule has 2 unspecified atom stereocenters. The van der Waals surface area contributed by atoms with Crippen LogP contribution in [0.15, 0.2) is 84.9 Å². The number of hydrogen-bond donors (Lipinski definition) is 1. The second-order valence-corrected chi connectivity index (χ2v) is 16.0. The van der Waals surface area contributed by atoms with E-state index in [2.05, 4.69) is 10.2 Å². The van der Waals surface area contributed by atoms with Crippen molar-refractivity contribution in [3.8, 4) is 0 Å². The number of nitro benzene ring substituents is 1. The van der Waals surface area contributed by atoms with E-state index < -0.39 is 58.9 Å². The van der Waals surface area contributed by atoms with Crippen LogP contribution in [0.25, 0.3) is 0 Å². The van der Waals surface area contributed by atoms with E-state index in [-0.39, 0.29) is 52.4 Å². The molecule has 0 fully saturated rings. The van der Waals surface area contributed by atoms with E-state index in [1.54, 1.807) is 32.0 Å². The smallest absolute Gasteiger partial charge is 0.399 e. The minimum absolute atomic E-state index is 0.0584. The van der Waals surface area contributed by atoms with Crippen LogP contribution in [0, 0.1) is 51.7 Å². The first-order valence-corrected chi connectivity index (χ1v) is 20.0. The summed E-state index contributed by atoms with van der Waals surface area (Å²) in [7, 11) is 0. The van der Waals surface area contributed by atoms with Gasteiger partial charge < -0.3 is 5.73 Å². The SMILES string of the molecule is Cc1cc(C(n2nc(C(F)(F)F)cc2C)C(F)(F)F)cc(C)c1CC(=O)c1cccc(N)c1.Cc1cc(C(n2nc(C(F)(F)F)cc2C)C(F)(F)F)cc(C)c1CC(=O)c1cccc([N+](=O)[O-])c1. The minimum Gasteiger partial charge on any atom is -0.399 e. The van der Waals surface area contributed by atoms with E-state index in [4.69, 9.17) is 5.73 Å². The predicted octanol–water partition coefficient (Wildman–Crippen LogP) is 12.3. The molecule has 22 heteroatoms. The first-order valence-electron chi connectivity index (χ1n) is 20.0. The number of ketones is 2. The van der Waals surface area contributed by atoms with E-state index in [0.29, 0.717) is 66.1 Å². The molecule has 0 saturated heterocycles. The number of Topliss-reactive ketones (excluding diaryl/α,β-unsaturated/α-hetero) is 2. The molecule has 10 nitrogen and oxygen atoms in total. The summed E-state index contributed by atoms with van der Waals surface area (Å²) in [5, 5.41) is 17.3. The quantitative estimate of drug-likeness (QED) is 0.0448. The van der Waals surface area contributed by atoms with Crippen molar-refractivity contribution in [1.82, 2.24) is 19.6 Å². The molecule has 0 bridgehead atoms. The number of nitrogens with two attached hydrogens (primary N) is 1. The normalized spacial score (nSPS) is 13.1. The molecule has 0 spiro atoms. The number of carbonyl (C=O) groups excluding carboxylic acids is 2. The van der Waals surface area contributed by atoms with Gasteiger partial charge in [0.15, 0.2) is 35.0 Å². The number of alkyl halides is 12. The fourth-order valence-corrected chi connectivity index (χ4v) is 7.67. The molecule has 0 saturated carbocycles. The molecule has 2 N–H and O–H groups in total. The Morgan fingerprint density at radius 2 is 0.926 bits per heavy atom. The molecule has 362 valence electrons. The van der Waals surface area contributed by atoms with Crippen molar-refractivity contribution in [1.29, 1.82) is 0 Å². The van der Waals surface area contributed by atoms with Gasteiger partial charge in [0, 0.05) is 53.2 Å². The zero-order chi connectivity index (χ0) is 51.0. The van der Waals surface area contributed by atoms with Crippen LogP contribution in [0.5, 0.6) is 0 Å². The Balaban J connectivity index is 0.000000255. The number of aromatic nitrogens is 4. The molecule has 0 amide bonds. The topological polar surface area (TPSA) is 139 Å². The van der Waals surface area contributed by atoms with E-state index >= 15 is 0 Å². The highest BCUT2D eigenvalue weighted by Gasteiger charge is 2.47. The summed E-state index contributed by atoms with van der Waals surface area (Å²) in [6.45, 7) is 8.33. The summed E-state index contributed by atoms with van der Waals surface area (Å²) in [5.41, 5.74) is 4.66. The van der Waals surface area contributed by atoms with Crippen molar-refractivity contribution in [2.45, 2.75) is 91.2 Å². The zero-order valence-electron chi connectivity index (χ0n) is 36.6. The molecular weight excluding hydrogens is 929 g/mol. The average Bonchev–Trinajstić information content (AvgIpc) is 3.79. The van der Waals surface area contributed by atoms with Crippen molar-refractivity contribution < 1.29 is 67.2 Å². The third-order valence-electron chi connectivity index (χ3n) is 10.9. The second-order valence-electron chi connectivity index (χ2n) is 16.0. The highest BCUT2D eigenvalue weighted by atomic mass is 19.4. The molecule has 0 aliphatic heterocycles. The average molecular weight is 969 g/mol. The number of nitrogens with zero attached hydrogens (tertiary/aromatic N) is 5. The van der Waals surface area contributed by atoms with Crippen molar-refractivity contribution in [2.75, 3.05) is 5.73 Å². The summed E-state index contributed by atoms with van der Waals surface area (Å²) in [6.07, 6.45) is -19.9. The molecule has 6 aromatic rings. The summed E-state index contributed by atoms with van der Waals surface area (Å²) in [5.74, 6) is -0.732. The summed E-state index contributed by atoms with van der Waals surface area (Å²) < 4.78 is 163. The number of halogens is 12. The maximum Gasteiger partial charge on any atom is 0.435 e. The van der Waals surface area contributed by atoms with Gasteiger partial charge in [0.1, 0.15) is 0 Å². The Kier molecular flexibility index (Phi) is 14.8. The second kappa shape index (κ2) is 19.3. The largest absolute Gasteiger partial charge is 0.435 e. The van der Waals surface area contributed by atoms with Crippen LogP contribution < -0.4 is 5.73 Å². The van der Waals surface area contributed by atoms with Gasteiger partial charge in [0.05, 0.1) is 4.92 Å². The molecule has 68 heavy (non-hydrogen) atoms. The number of aryl methyl sites for hydroxylation is 6. The first-order chi connectivity index (χ1) is 31.3. The predicted molar refractivity (Wildman–Crippen MR) is 224 cm³/mol. The zero-order valence-corrected chi connectivity index (χ0v) is 36.6. The van der Waals surface area contributed by atoms with E-state index in [0.717, 1.165) is 32.0 Å². The Morgan fingerprint density at radius 1 is 0.574 bits per heavy atom. The van der Waals surface area contributed by atoms with Crippen LogP contribution in [0.3, 0.4) is 0 Å². The van der Waals surface area contributed by atoms with E-state index in [9.17, 15) is 72.4 Å². The maximum atomic E-state index is 14.0. The van der Waals surface area contributed by atoms with Crippen LogP contribution in [0.4, 0.5) is 64.1 Å². The lowest BCUT2D eigenvalue weighted by molar-refractivity contribution is -0.384. The Labute approximate surface area is 379 Å². The molecule has 2 heterocycles. The van der Waals surface area contributed by atoms with Crippen molar-refractivity contribution in [2.24, 2.45) is 0 Å². The summed E-state index contributed by atoms with van der Waals surface area (Å²) >= 11 is 0. The maximum absolute atomic E-state index is 14.0. The van der Waals surface area contributed by atoms with Crippen molar-refractivity contribution >= 4 is 22.9 Å². The molecule has 0 aliphatic carbocycles. The van der Waals surface area contributed by atoms with Crippen LogP contribution in [0.1, 0.15) is 100 Å². The number of nitrogen functional groups attached to an aromatic ring is 1. The fourth-order valence-electron chi connectivity index (χ4n) is 7.67.